The Hall–Kier alpha value is -2.34. The highest BCUT2D eigenvalue weighted by Gasteiger charge is 2.37. The van der Waals surface area contributed by atoms with E-state index in [0.717, 1.165) is 11.1 Å². The maximum Gasteiger partial charge on any atom is 0.338 e. The zero-order valence-electron chi connectivity index (χ0n) is 16.1. The van der Waals surface area contributed by atoms with Gasteiger partial charge in [0.1, 0.15) is 0 Å². The monoisotopic (exact) mass is 406 g/mol. The third-order valence-electron chi connectivity index (χ3n) is 4.15. The van der Waals surface area contributed by atoms with E-state index in [-0.39, 0.29) is 12.0 Å². The number of rotatable bonds is 8. The molecule has 3 atom stereocenters. The Kier molecular flexibility index (Phi) is 8.05. The van der Waals surface area contributed by atoms with Crippen molar-refractivity contribution < 1.29 is 22.5 Å². The Morgan fingerprint density at radius 3 is 2.21 bits per heavy atom. The maximum absolute atomic E-state index is 13.9. The Labute approximate surface area is 166 Å². The summed E-state index contributed by atoms with van der Waals surface area (Å²) in [5.41, 5.74) is 2.06. The molecule has 0 bridgehead atoms. The number of allylic oxidation sites excluding steroid dienone is 2. The molecule has 0 radical (unpaired) electrons. The molecular formula is C22H24F2O3S. The molecular weight excluding hydrogens is 382 g/mol. The molecule has 0 N–H and O–H groups in total. The van der Waals surface area contributed by atoms with Crippen LogP contribution < -0.4 is 0 Å². The summed E-state index contributed by atoms with van der Waals surface area (Å²) in [5.74, 6) is -0.853. The molecule has 0 aliphatic rings. The van der Waals surface area contributed by atoms with Crippen LogP contribution >= 0.6 is 0 Å². The summed E-state index contributed by atoms with van der Waals surface area (Å²) in [6.45, 7) is 5.55. The summed E-state index contributed by atoms with van der Waals surface area (Å²) in [7, 11) is -1.77. The van der Waals surface area contributed by atoms with Crippen LogP contribution in [0.5, 0.6) is 0 Å². The number of hydrogen-bond donors (Lipinski definition) is 0. The average molecular weight is 406 g/mol. The quantitative estimate of drug-likeness (QED) is 0.440. The number of aryl methyl sites for hydroxylation is 1. The van der Waals surface area contributed by atoms with Gasteiger partial charge in [0.25, 0.3) is 6.43 Å². The van der Waals surface area contributed by atoms with Gasteiger partial charge in [0, 0.05) is 4.90 Å². The number of carbonyl (C=O) groups excluding carboxylic acids is 1. The topological polar surface area (TPSA) is 43.4 Å². The van der Waals surface area contributed by atoms with Gasteiger partial charge in [-0.1, -0.05) is 47.5 Å². The first-order valence-electron chi connectivity index (χ1n) is 8.94. The van der Waals surface area contributed by atoms with Crippen LogP contribution in [-0.2, 0) is 15.5 Å². The van der Waals surface area contributed by atoms with E-state index in [0.29, 0.717) is 4.90 Å². The van der Waals surface area contributed by atoms with Crippen molar-refractivity contribution in [2.24, 2.45) is 0 Å². The van der Waals surface area contributed by atoms with E-state index in [1.165, 1.54) is 12.1 Å². The molecule has 2 aromatic carbocycles. The largest absolute Gasteiger partial charge is 0.451 e. The van der Waals surface area contributed by atoms with E-state index in [1.54, 1.807) is 48.5 Å². The molecule has 2 aromatic rings. The highest BCUT2D eigenvalue weighted by atomic mass is 32.2. The van der Waals surface area contributed by atoms with Gasteiger partial charge >= 0.3 is 5.97 Å². The zero-order chi connectivity index (χ0) is 20.7. The fourth-order valence-corrected chi connectivity index (χ4v) is 4.04. The maximum atomic E-state index is 13.9. The van der Waals surface area contributed by atoms with Crippen LogP contribution in [0.15, 0.2) is 71.1 Å². The number of halogens is 2. The zero-order valence-corrected chi connectivity index (χ0v) is 16.9. The normalized spacial score (nSPS) is 14.2. The molecule has 0 heterocycles. The van der Waals surface area contributed by atoms with Gasteiger partial charge in [0.05, 0.1) is 21.6 Å². The van der Waals surface area contributed by atoms with Crippen molar-refractivity contribution in [1.82, 2.24) is 0 Å². The number of carbonyl (C=O) groups is 1. The number of ether oxygens (including phenoxy) is 1. The molecule has 2 rings (SSSR count). The number of esters is 1. The summed E-state index contributed by atoms with van der Waals surface area (Å²) in [6.07, 6.45) is -2.90. The molecule has 0 saturated heterocycles. The van der Waals surface area contributed by atoms with Crippen LogP contribution in [0.1, 0.15) is 36.2 Å². The Balaban J connectivity index is 2.33. The first-order chi connectivity index (χ1) is 13.3. The van der Waals surface area contributed by atoms with E-state index in [4.69, 9.17) is 4.74 Å². The van der Waals surface area contributed by atoms with Crippen LogP contribution in [0.3, 0.4) is 0 Å². The molecule has 0 aliphatic heterocycles. The van der Waals surface area contributed by atoms with Crippen molar-refractivity contribution in [3.8, 4) is 0 Å². The molecule has 0 spiro atoms. The fourth-order valence-electron chi connectivity index (χ4n) is 2.60. The smallest absolute Gasteiger partial charge is 0.338 e. The van der Waals surface area contributed by atoms with Gasteiger partial charge in [-0.2, -0.15) is 0 Å². The fraction of sp³-hybridized carbons (Fsp3) is 0.318. The Morgan fingerprint density at radius 1 is 1.07 bits per heavy atom. The molecule has 0 unspecified atom stereocenters. The summed E-state index contributed by atoms with van der Waals surface area (Å²) in [6, 6.07) is 14.8. The molecule has 6 heteroatoms. The summed E-state index contributed by atoms with van der Waals surface area (Å²) in [4.78, 5) is 12.8. The Bertz CT molecular complexity index is 829. The predicted molar refractivity (Wildman–Crippen MR) is 107 cm³/mol. The van der Waals surface area contributed by atoms with Crippen LogP contribution in [0.25, 0.3) is 0 Å². The minimum absolute atomic E-state index is 0.111. The van der Waals surface area contributed by atoms with Crippen LogP contribution in [-0.4, -0.2) is 28.0 Å². The summed E-state index contributed by atoms with van der Waals surface area (Å²) >= 11 is 0. The van der Waals surface area contributed by atoms with E-state index < -0.39 is 34.5 Å². The lowest BCUT2D eigenvalue weighted by molar-refractivity contribution is -0.0340. The van der Waals surface area contributed by atoms with Gasteiger partial charge in [-0.3, -0.25) is 4.21 Å². The van der Waals surface area contributed by atoms with Crippen molar-refractivity contribution in [3.63, 3.8) is 0 Å². The van der Waals surface area contributed by atoms with Gasteiger partial charge in [0.15, 0.2) is 6.10 Å². The minimum atomic E-state index is -2.96. The molecule has 0 aliphatic carbocycles. The predicted octanol–water partition coefficient (Wildman–Crippen LogP) is 5.32. The van der Waals surface area contributed by atoms with Crippen molar-refractivity contribution in [3.05, 3.63) is 77.4 Å². The summed E-state index contributed by atoms with van der Waals surface area (Å²) in [5, 5.41) is -1.06. The first kappa shape index (κ1) is 22.0. The number of hydrogen-bond acceptors (Lipinski definition) is 3. The Morgan fingerprint density at radius 2 is 1.68 bits per heavy atom. The highest BCUT2D eigenvalue weighted by molar-refractivity contribution is 7.85. The molecule has 28 heavy (non-hydrogen) atoms. The second-order valence-corrected chi connectivity index (χ2v) is 8.41. The van der Waals surface area contributed by atoms with Crippen molar-refractivity contribution in [2.45, 2.75) is 49.9 Å². The molecule has 0 fully saturated rings. The van der Waals surface area contributed by atoms with Crippen molar-refractivity contribution in [2.75, 3.05) is 0 Å². The van der Waals surface area contributed by atoms with Gasteiger partial charge in [0.2, 0.25) is 0 Å². The van der Waals surface area contributed by atoms with Crippen LogP contribution in [0.2, 0.25) is 0 Å². The second-order valence-electron chi connectivity index (χ2n) is 6.74. The summed E-state index contributed by atoms with van der Waals surface area (Å²) < 4.78 is 46.0. The third-order valence-corrected chi connectivity index (χ3v) is 5.90. The average Bonchev–Trinajstić information content (AvgIpc) is 2.67. The number of alkyl halides is 2. The lowest BCUT2D eigenvalue weighted by Gasteiger charge is -2.25. The lowest BCUT2D eigenvalue weighted by atomic mass is 10.1. The standard InChI is InChI=1S/C22H24F2O3S/c1-15(2)9-14-19(28(26)18-12-10-16(3)11-13-18)20(21(23)24)27-22(25)17-7-5-4-6-8-17/h4-13,19-21H,14H2,1-3H3/t19-,20+,28+/m1/s1. The van der Waals surface area contributed by atoms with Gasteiger partial charge < -0.3 is 4.74 Å². The molecule has 0 saturated carbocycles. The highest BCUT2D eigenvalue weighted by Crippen LogP contribution is 2.25. The lowest BCUT2D eigenvalue weighted by Crippen LogP contribution is -2.40. The molecule has 0 aromatic heterocycles. The van der Waals surface area contributed by atoms with E-state index in [1.807, 2.05) is 20.8 Å². The van der Waals surface area contributed by atoms with E-state index >= 15 is 0 Å². The van der Waals surface area contributed by atoms with E-state index in [9.17, 15) is 17.8 Å². The van der Waals surface area contributed by atoms with E-state index in [2.05, 4.69) is 0 Å². The second kappa shape index (κ2) is 10.3. The number of benzene rings is 2. The first-order valence-corrected chi connectivity index (χ1v) is 10.2. The van der Waals surface area contributed by atoms with Crippen molar-refractivity contribution >= 4 is 16.8 Å². The van der Waals surface area contributed by atoms with Crippen LogP contribution in [0.4, 0.5) is 8.78 Å². The van der Waals surface area contributed by atoms with Gasteiger partial charge in [-0.25, -0.2) is 13.6 Å². The minimum Gasteiger partial charge on any atom is -0.451 e. The molecule has 150 valence electrons. The molecule has 0 amide bonds. The third kappa shape index (κ3) is 6.09. The van der Waals surface area contributed by atoms with Crippen LogP contribution in [0, 0.1) is 6.92 Å². The van der Waals surface area contributed by atoms with Gasteiger partial charge in [-0.15, -0.1) is 0 Å². The van der Waals surface area contributed by atoms with Crippen molar-refractivity contribution in [1.29, 1.82) is 0 Å². The SMILES string of the molecule is CC(C)=CC[C@H]([C@H](OC(=O)c1ccccc1)C(F)F)[S@@](=O)c1ccc(C)cc1. The van der Waals surface area contributed by atoms with Gasteiger partial charge in [-0.05, 0) is 51.5 Å². The molecule has 3 nitrogen and oxygen atoms in total.